The highest BCUT2D eigenvalue weighted by molar-refractivity contribution is 6.31. The first kappa shape index (κ1) is 34.1. The molecule has 1 aliphatic heterocycles. The van der Waals surface area contributed by atoms with E-state index in [-0.39, 0.29) is 34.4 Å². The zero-order valence-corrected chi connectivity index (χ0v) is 25.1. The third-order valence-electron chi connectivity index (χ3n) is 7.11. The van der Waals surface area contributed by atoms with Gasteiger partial charge in [0.2, 0.25) is 5.95 Å². The highest BCUT2D eigenvalue weighted by atomic mass is 35.5. The monoisotopic (exact) mass is 665 g/mol. The number of anilines is 2. The number of hydrogen-bond donors (Lipinski definition) is 4. The van der Waals surface area contributed by atoms with Crippen LogP contribution in [0.25, 0.3) is 11.0 Å². The molecular formula is C30H28ClF4N5O6. The number of carbonyl (C=O) groups excluding carboxylic acids is 2. The maximum absolute atomic E-state index is 15.2. The van der Waals surface area contributed by atoms with Crippen LogP contribution in [0, 0.1) is 5.82 Å². The molecule has 1 atom stereocenters. The number of imidazole rings is 1. The highest BCUT2D eigenvalue weighted by Gasteiger charge is 2.51. The number of nitrogens with one attached hydrogen (secondary N) is 2. The molecular weight excluding hydrogens is 638 g/mol. The predicted molar refractivity (Wildman–Crippen MR) is 160 cm³/mol. The van der Waals surface area contributed by atoms with Crippen molar-refractivity contribution in [1.29, 1.82) is 0 Å². The molecule has 1 aromatic heterocycles. The third-order valence-corrected chi connectivity index (χ3v) is 7.41. The molecule has 2 heterocycles. The number of benzene rings is 3. The molecule has 0 spiro atoms. The van der Waals surface area contributed by atoms with Crippen molar-refractivity contribution in [3.05, 3.63) is 88.2 Å². The number of halogens is 5. The van der Waals surface area contributed by atoms with Crippen LogP contribution >= 0.6 is 11.6 Å². The van der Waals surface area contributed by atoms with Gasteiger partial charge in [-0.3, -0.25) is 15.0 Å². The van der Waals surface area contributed by atoms with Gasteiger partial charge in [-0.2, -0.15) is 13.2 Å². The summed E-state index contributed by atoms with van der Waals surface area (Å²) in [5.41, 5.74) is -0.422. The van der Waals surface area contributed by atoms with Crippen LogP contribution in [-0.4, -0.2) is 75.5 Å². The van der Waals surface area contributed by atoms with Gasteiger partial charge < -0.3 is 24.8 Å². The molecule has 16 heteroatoms. The lowest BCUT2D eigenvalue weighted by Crippen LogP contribution is -2.45. The number of carbonyl (C=O) groups is 3. The molecule has 4 aromatic rings. The van der Waals surface area contributed by atoms with Crippen molar-refractivity contribution < 1.29 is 46.9 Å². The van der Waals surface area contributed by atoms with E-state index in [1.165, 1.54) is 18.2 Å². The molecule has 4 N–H and O–H groups in total. The minimum atomic E-state index is -5.08. The van der Waals surface area contributed by atoms with E-state index in [1.54, 1.807) is 42.5 Å². The quantitative estimate of drug-likeness (QED) is 0.174. The summed E-state index contributed by atoms with van der Waals surface area (Å²) < 4.78 is 52.1. The highest BCUT2D eigenvalue weighted by Crippen LogP contribution is 2.46. The number of carboxylic acids is 1. The summed E-state index contributed by atoms with van der Waals surface area (Å²) in [7, 11) is 0. The normalized spacial score (nSPS) is 15.8. The van der Waals surface area contributed by atoms with Crippen LogP contribution in [0.5, 0.6) is 0 Å². The molecule has 11 nitrogen and oxygen atoms in total. The summed E-state index contributed by atoms with van der Waals surface area (Å²) in [4.78, 5) is 45.1. The number of fused-ring (bicyclic) bond motifs is 2. The zero-order chi connectivity index (χ0) is 33.8. The van der Waals surface area contributed by atoms with E-state index in [4.69, 9.17) is 26.2 Å². The first-order chi connectivity index (χ1) is 21.7. The lowest BCUT2D eigenvalue weighted by molar-refractivity contribution is -0.192. The zero-order valence-electron chi connectivity index (χ0n) is 24.4. The van der Waals surface area contributed by atoms with Crippen LogP contribution < -0.4 is 10.2 Å². The number of nitrogens with zero attached hydrogens (tertiary/aromatic N) is 3. The minimum Gasteiger partial charge on any atom is -0.475 e. The first-order valence-electron chi connectivity index (χ1n) is 13.8. The second-order valence-corrected chi connectivity index (χ2v) is 10.2. The van der Waals surface area contributed by atoms with Gasteiger partial charge in [0.25, 0.3) is 5.91 Å². The van der Waals surface area contributed by atoms with Gasteiger partial charge in [-0.05, 0) is 43.4 Å². The van der Waals surface area contributed by atoms with Crippen molar-refractivity contribution in [1.82, 2.24) is 14.9 Å². The molecule has 244 valence electrons. The number of rotatable bonds is 8. The molecule has 0 saturated heterocycles. The number of amides is 2. The van der Waals surface area contributed by atoms with Crippen molar-refractivity contribution in [2.75, 3.05) is 36.5 Å². The van der Waals surface area contributed by atoms with Crippen LogP contribution in [0.1, 0.15) is 35.3 Å². The number of carboxylic acid groups (broad SMARTS) is 1. The summed E-state index contributed by atoms with van der Waals surface area (Å²) >= 11 is 6.02. The summed E-state index contributed by atoms with van der Waals surface area (Å²) in [5, 5.41) is 21.7. The van der Waals surface area contributed by atoms with Crippen LogP contribution in [0.4, 0.5) is 34.0 Å². The standard InChI is InChI=1S/C28H27ClFN5O4.C2HF3O2/c1-3-34(4-2)14-15-39-27(37)33-26-31-21-13-12-17(16-22(21)32-26)28(38)19-9-6-5-8-18(19)25(36)35(28)23-11-7-10-20(29)24(23)30;3-2(4,5)1(6)7/h5-13,16,38H,3-4,14-15H2,1-2H3,(H2,31,32,33,37);(H,6,7). The van der Waals surface area contributed by atoms with E-state index < -0.39 is 35.7 Å². The minimum absolute atomic E-state index is 0.155. The van der Waals surface area contributed by atoms with Crippen molar-refractivity contribution in [3.63, 3.8) is 0 Å². The molecule has 1 unspecified atom stereocenters. The number of alkyl halides is 3. The van der Waals surface area contributed by atoms with Gasteiger partial charge in [-0.15, -0.1) is 0 Å². The van der Waals surface area contributed by atoms with Crippen LogP contribution in [0.15, 0.2) is 60.7 Å². The second kappa shape index (κ2) is 13.7. The van der Waals surface area contributed by atoms with Gasteiger partial charge in [-0.1, -0.05) is 55.8 Å². The Hall–Kier alpha value is -4.73. The van der Waals surface area contributed by atoms with E-state index in [1.807, 2.05) is 13.8 Å². The second-order valence-electron chi connectivity index (χ2n) is 9.84. The maximum Gasteiger partial charge on any atom is 0.490 e. The fourth-order valence-electron chi connectivity index (χ4n) is 4.82. The van der Waals surface area contributed by atoms with Crippen LogP contribution in [0.3, 0.4) is 0 Å². The van der Waals surface area contributed by atoms with E-state index in [0.717, 1.165) is 18.0 Å². The Morgan fingerprint density at radius 1 is 1.11 bits per heavy atom. The van der Waals surface area contributed by atoms with Gasteiger partial charge in [0.05, 0.1) is 21.7 Å². The molecule has 46 heavy (non-hydrogen) atoms. The molecule has 0 radical (unpaired) electrons. The molecule has 0 bridgehead atoms. The number of aromatic nitrogens is 2. The molecule has 0 aliphatic carbocycles. The number of ether oxygens (including phenoxy) is 1. The number of hydrogen-bond acceptors (Lipinski definition) is 7. The van der Waals surface area contributed by atoms with Gasteiger partial charge in [0, 0.05) is 23.2 Å². The number of aliphatic carboxylic acids is 1. The van der Waals surface area contributed by atoms with Gasteiger partial charge in [-0.25, -0.2) is 19.0 Å². The summed E-state index contributed by atoms with van der Waals surface area (Å²) in [6, 6.07) is 15.7. The van der Waals surface area contributed by atoms with E-state index in [9.17, 15) is 27.9 Å². The van der Waals surface area contributed by atoms with E-state index in [2.05, 4.69) is 20.2 Å². The Morgan fingerprint density at radius 2 is 1.78 bits per heavy atom. The fraction of sp³-hybridized carbons (Fsp3) is 0.267. The van der Waals surface area contributed by atoms with Crippen molar-refractivity contribution in [2.24, 2.45) is 0 Å². The Balaban J connectivity index is 0.000000617. The Bertz CT molecular complexity index is 1760. The SMILES string of the molecule is CCN(CC)CCOC(=O)Nc1nc2ccc(C3(O)c4ccccc4C(=O)N3c3cccc(Cl)c3F)cc2[nH]1.O=C(O)C(F)(F)F. The summed E-state index contributed by atoms with van der Waals surface area (Å²) in [6.07, 6.45) is -5.74. The van der Waals surface area contributed by atoms with Crippen molar-refractivity contribution >= 4 is 52.2 Å². The van der Waals surface area contributed by atoms with Gasteiger partial charge in [0.1, 0.15) is 6.61 Å². The molecule has 0 fully saturated rings. The fourth-order valence-corrected chi connectivity index (χ4v) is 4.99. The molecule has 2 amide bonds. The number of aliphatic hydroxyl groups is 1. The lowest BCUT2D eigenvalue weighted by Gasteiger charge is -2.35. The van der Waals surface area contributed by atoms with Crippen LogP contribution in [0.2, 0.25) is 5.02 Å². The third kappa shape index (κ3) is 6.90. The molecule has 3 aromatic carbocycles. The topological polar surface area (TPSA) is 148 Å². The summed E-state index contributed by atoms with van der Waals surface area (Å²) in [5.74, 6) is -4.00. The average Bonchev–Trinajstić information content (AvgIpc) is 3.52. The first-order valence-corrected chi connectivity index (χ1v) is 14.2. The number of aromatic amines is 1. The van der Waals surface area contributed by atoms with Gasteiger partial charge in [0.15, 0.2) is 11.5 Å². The predicted octanol–water partition coefficient (Wildman–Crippen LogP) is 5.73. The van der Waals surface area contributed by atoms with E-state index in [0.29, 0.717) is 23.1 Å². The Kier molecular flexibility index (Phi) is 10.2. The lowest BCUT2D eigenvalue weighted by atomic mass is 9.93. The van der Waals surface area contributed by atoms with E-state index >= 15 is 4.39 Å². The number of H-pyrrole nitrogens is 1. The smallest absolute Gasteiger partial charge is 0.475 e. The summed E-state index contributed by atoms with van der Waals surface area (Å²) in [6.45, 7) is 6.64. The Labute approximate surface area is 264 Å². The largest absolute Gasteiger partial charge is 0.490 e. The van der Waals surface area contributed by atoms with Gasteiger partial charge >= 0.3 is 18.2 Å². The average molecular weight is 666 g/mol. The molecule has 1 aliphatic rings. The van der Waals surface area contributed by atoms with Crippen molar-refractivity contribution in [3.8, 4) is 0 Å². The maximum atomic E-state index is 15.2. The Morgan fingerprint density at radius 3 is 2.43 bits per heavy atom. The van der Waals surface area contributed by atoms with Crippen molar-refractivity contribution in [2.45, 2.75) is 25.7 Å². The molecule has 5 rings (SSSR count). The molecule has 0 saturated carbocycles. The van der Waals surface area contributed by atoms with Crippen LogP contribution in [-0.2, 0) is 15.3 Å². The number of likely N-dealkylation sites (N-methyl/N-ethyl adjacent to an activating group) is 1.